The standard InChI is InChI=1S/C19H19N5O3/c1-2-23(11-16-12-26-17-8-3-4-9-18(17)27-16)19(25)14-6-5-7-15(10-14)24-13-20-21-22-24/h3-10,13,16H,2,11-12H2,1H3. The van der Waals surface area contributed by atoms with E-state index in [1.54, 1.807) is 17.0 Å². The quantitative estimate of drug-likeness (QED) is 0.687. The average Bonchev–Trinajstić information content (AvgIpc) is 3.26. The summed E-state index contributed by atoms with van der Waals surface area (Å²) >= 11 is 0. The van der Waals surface area contributed by atoms with Gasteiger partial charge in [0.15, 0.2) is 17.6 Å². The van der Waals surface area contributed by atoms with Crippen molar-refractivity contribution in [2.45, 2.75) is 13.0 Å². The van der Waals surface area contributed by atoms with Gasteiger partial charge in [0, 0.05) is 12.1 Å². The summed E-state index contributed by atoms with van der Waals surface area (Å²) in [6.07, 6.45) is 1.28. The van der Waals surface area contributed by atoms with Crippen molar-refractivity contribution in [1.29, 1.82) is 0 Å². The number of benzene rings is 2. The fourth-order valence-corrected chi connectivity index (χ4v) is 3.00. The highest BCUT2D eigenvalue weighted by Crippen LogP contribution is 2.31. The maximum atomic E-state index is 13.0. The topological polar surface area (TPSA) is 82.4 Å². The Balaban J connectivity index is 1.48. The van der Waals surface area contributed by atoms with Crippen LogP contribution >= 0.6 is 0 Å². The summed E-state index contributed by atoms with van der Waals surface area (Å²) in [7, 11) is 0. The van der Waals surface area contributed by atoms with E-state index in [4.69, 9.17) is 9.47 Å². The molecule has 138 valence electrons. The Morgan fingerprint density at radius 3 is 2.85 bits per heavy atom. The molecule has 1 unspecified atom stereocenters. The molecule has 27 heavy (non-hydrogen) atoms. The first-order valence-electron chi connectivity index (χ1n) is 8.76. The number of likely N-dealkylation sites (N-methyl/N-ethyl adjacent to an activating group) is 1. The summed E-state index contributed by atoms with van der Waals surface area (Å²) in [6, 6.07) is 14.8. The molecule has 1 aliphatic heterocycles. The van der Waals surface area contributed by atoms with E-state index in [1.165, 1.54) is 11.0 Å². The molecule has 0 saturated carbocycles. The first-order valence-corrected chi connectivity index (χ1v) is 8.76. The van der Waals surface area contributed by atoms with Crippen LogP contribution in [-0.4, -0.2) is 56.8 Å². The second-order valence-electron chi connectivity index (χ2n) is 6.15. The van der Waals surface area contributed by atoms with Gasteiger partial charge in [-0.2, -0.15) is 0 Å². The van der Waals surface area contributed by atoms with Gasteiger partial charge in [-0.15, -0.1) is 5.10 Å². The monoisotopic (exact) mass is 365 g/mol. The highest BCUT2D eigenvalue weighted by atomic mass is 16.6. The van der Waals surface area contributed by atoms with Crippen LogP contribution in [0.1, 0.15) is 17.3 Å². The van der Waals surface area contributed by atoms with E-state index in [2.05, 4.69) is 15.5 Å². The number of carbonyl (C=O) groups is 1. The Kier molecular flexibility index (Phi) is 4.69. The van der Waals surface area contributed by atoms with E-state index in [9.17, 15) is 4.79 Å². The van der Waals surface area contributed by atoms with Gasteiger partial charge >= 0.3 is 0 Å². The molecule has 0 N–H and O–H groups in total. The number of amides is 1. The number of rotatable bonds is 5. The van der Waals surface area contributed by atoms with Crippen LogP contribution in [-0.2, 0) is 0 Å². The number of para-hydroxylation sites is 2. The lowest BCUT2D eigenvalue weighted by Gasteiger charge is -2.31. The summed E-state index contributed by atoms with van der Waals surface area (Å²) in [5, 5.41) is 11.1. The molecule has 1 aromatic heterocycles. The highest BCUT2D eigenvalue weighted by molar-refractivity contribution is 5.94. The van der Waals surface area contributed by atoms with E-state index >= 15 is 0 Å². The van der Waals surface area contributed by atoms with Gasteiger partial charge < -0.3 is 14.4 Å². The van der Waals surface area contributed by atoms with Crippen molar-refractivity contribution in [3.05, 3.63) is 60.4 Å². The van der Waals surface area contributed by atoms with Crippen LogP contribution in [0.4, 0.5) is 0 Å². The third-order valence-electron chi connectivity index (χ3n) is 4.37. The van der Waals surface area contributed by atoms with Crippen molar-refractivity contribution in [2.75, 3.05) is 19.7 Å². The number of carbonyl (C=O) groups excluding carboxylic acids is 1. The average molecular weight is 365 g/mol. The van der Waals surface area contributed by atoms with Crippen LogP contribution < -0.4 is 9.47 Å². The van der Waals surface area contributed by atoms with Crippen molar-refractivity contribution < 1.29 is 14.3 Å². The molecule has 4 rings (SSSR count). The van der Waals surface area contributed by atoms with Gasteiger partial charge in [-0.05, 0) is 47.7 Å². The Bertz CT molecular complexity index is 929. The summed E-state index contributed by atoms with van der Waals surface area (Å²) in [4.78, 5) is 14.7. The minimum absolute atomic E-state index is 0.0742. The Labute approximate surface area is 156 Å². The molecule has 8 heteroatoms. The predicted molar refractivity (Wildman–Crippen MR) is 97.1 cm³/mol. The van der Waals surface area contributed by atoms with E-state index in [1.807, 2.05) is 43.3 Å². The largest absolute Gasteiger partial charge is 0.486 e. The van der Waals surface area contributed by atoms with Gasteiger partial charge in [-0.3, -0.25) is 4.79 Å². The second kappa shape index (κ2) is 7.45. The molecular weight excluding hydrogens is 346 g/mol. The van der Waals surface area contributed by atoms with Crippen LogP contribution in [0.25, 0.3) is 5.69 Å². The lowest BCUT2D eigenvalue weighted by molar-refractivity contribution is 0.0475. The van der Waals surface area contributed by atoms with E-state index in [0.29, 0.717) is 31.0 Å². The maximum Gasteiger partial charge on any atom is 0.254 e. The zero-order valence-corrected chi connectivity index (χ0v) is 14.9. The maximum absolute atomic E-state index is 13.0. The lowest BCUT2D eigenvalue weighted by atomic mass is 10.1. The molecule has 0 bridgehead atoms. The molecular formula is C19H19N5O3. The van der Waals surface area contributed by atoms with E-state index < -0.39 is 0 Å². The van der Waals surface area contributed by atoms with E-state index in [0.717, 1.165) is 11.4 Å². The number of tetrazole rings is 1. The molecule has 0 aliphatic carbocycles. The van der Waals surface area contributed by atoms with Crippen molar-refractivity contribution in [3.63, 3.8) is 0 Å². The summed E-state index contributed by atoms with van der Waals surface area (Å²) in [6.45, 7) is 3.36. The highest BCUT2D eigenvalue weighted by Gasteiger charge is 2.25. The molecule has 0 fully saturated rings. The van der Waals surface area contributed by atoms with Crippen molar-refractivity contribution in [3.8, 4) is 17.2 Å². The molecule has 2 aromatic carbocycles. The Hall–Kier alpha value is -3.42. The van der Waals surface area contributed by atoms with E-state index in [-0.39, 0.29) is 12.0 Å². The van der Waals surface area contributed by atoms with Gasteiger partial charge in [0.25, 0.3) is 5.91 Å². The third-order valence-corrected chi connectivity index (χ3v) is 4.37. The molecule has 8 nitrogen and oxygen atoms in total. The molecule has 0 radical (unpaired) electrons. The zero-order valence-electron chi connectivity index (χ0n) is 14.9. The fourth-order valence-electron chi connectivity index (χ4n) is 3.00. The number of ether oxygens (including phenoxy) is 2. The second-order valence-corrected chi connectivity index (χ2v) is 6.15. The normalized spacial score (nSPS) is 15.4. The number of fused-ring (bicyclic) bond motifs is 1. The Morgan fingerprint density at radius 1 is 1.22 bits per heavy atom. The molecule has 1 atom stereocenters. The first-order chi connectivity index (χ1) is 13.2. The van der Waals surface area contributed by atoms with Crippen molar-refractivity contribution >= 4 is 5.91 Å². The van der Waals surface area contributed by atoms with Crippen LogP contribution in [0.15, 0.2) is 54.9 Å². The number of hydrogen-bond acceptors (Lipinski definition) is 6. The number of nitrogens with zero attached hydrogens (tertiary/aromatic N) is 5. The smallest absolute Gasteiger partial charge is 0.254 e. The van der Waals surface area contributed by atoms with Crippen molar-refractivity contribution in [1.82, 2.24) is 25.1 Å². The molecule has 0 spiro atoms. The van der Waals surface area contributed by atoms with Gasteiger partial charge in [-0.1, -0.05) is 18.2 Å². The molecule has 1 aliphatic rings. The molecule has 3 aromatic rings. The summed E-state index contributed by atoms with van der Waals surface area (Å²) in [5.74, 6) is 1.37. The first kappa shape index (κ1) is 17.0. The number of aromatic nitrogens is 4. The van der Waals surface area contributed by atoms with Crippen LogP contribution in [0.3, 0.4) is 0 Å². The summed E-state index contributed by atoms with van der Waals surface area (Å²) in [5.41, 5.74) is 1.30. The number of hydrogen-bond donors (Lipinski definition) is 0. The Morgan fingerprint density at radius 2 is 2.07 bits per heavy atom. The predicted octanol–water partition coefficient (Wildman–Crippen LogP) is 1.96. The fraction of sp³-hybridized carbons (Fsp3) is 0.263. The van der Waals surface area contributed by atoms with Crippen LogP contribution in [0.5, 0.6) is 11.5 Å². The van der Waals surface area contributed by atoms with Gasteiger partial charge in [0.05, 0.1) is 12.2 Å². The van der Waals surface area contributed by atoms with Gasteiger partial charge in [0.2, 0.25) is 0 Å². The SMILES string of the molecule is CCN(CC1COc2ccccc2O1)C(=O)c1cccc(-n2cnnn2)c1. The van der Waals surface area contributed by atoms with Crippen molar-refractivity contribution in [2.24, 2.45) is 0 Å². The molecule has 0 saturated heterocycles. The molecule has 2 heterocycles. The van der Waals surface area contributed by atoms with Crippen LogP contribution in [0.2, 0.25) is 0 Å². The molecule has 1 amide bonds. The van der Waals surface area contributed by atoms with Gasteiger partial charge in [-0.25, -0.2) is 4.68 Å². The van der Waals surface area contributed by atoms with Crippen LogP contribution in [0, 0.1) is 0 Å². The van der Waals surface area contributed by atoms with Gasteiger partial charge in [0.1, 0.15) is 12.9 Å². The minimum Gasteiger partial charge on any atom is -0.486 e. The summed E-state index contributed by atoms with van der Waals surface area (Å²) < 4.78 is 13.2. The minimum atomic E-state index is -0.216. The zero-order chi connectivity index (χ0) is 18.6. The third kappa shape index (κ3) is 3.59. The lowest BCUT2D eigenvalue weighted by Crippen LogP contribution is -2.43.